The Hall–Kier alpha value is -1.89. The predicted molar refractivity (Wildman–Crippen MR) is 101 cm³/mol. The molecule has 2 rings (SSSR count). The molecule has 0 fully saturated rings. The molecule has 0 unspecified atom stereocenters. The summed E-state index contributed by atoms with van der Waals surface area (Å²) in [6.45, 7) is 6.06. The molecule has 5 heteroatoms. The van der Waals surface area contributed by atoms with Gasteiger partial charge in [-0.05, 0) is 78.8 Å². The molecule has 0 saturated heterocycles. The molecule has 0 heterocycles. The summed E-state index contributed by atoms with van der Waals surface area (Å²) in [6, 6.07) is 11.7. The second-order valence-electron chi connectivity index (χ2n) is 5.35. The van der Waals surface area contributed by atoms with Gasteiger partial charge < -0.3 is 4.74 Å². The molecule has 0 atom stereocenters. The lowest BCUT2D eigenvalue weighted by atomic mass is 10.0. The smallest absolute Gasteiger partial charge is 0.277 e. The molecule has 0 aliphatic carbocycles. The van der Waals surface area contributed by atoms with Gasteiger partial charge in [-0.3, -0.25) is 4.79 Å². The number of nitrogens with one attached hydrogen (secondary N) is 1. The van der Waals surface area contributed by atoms with E-state index in [1.54, 1.807) is 6.21 Å². The van der Waals surface area contributed by atoms with Crippen LogP contribution in [-0.4, -0.2) is 18.7 Å². The Morgan fingerprint density at radius 2 is 1.78 bits per heavy atom. The van der Waals surface area contributed by atoms with E-state index in [1.165, 1.54) is 5.56 Å². The van der Waals surface area contributed by atoms with Crippen LogP contribution in [0.4, 0.5) is 0 Å². The number of rotatable bonds is 5. The van der Waals surface area contributed by atoms with Crippen molar-refractivity contribution in [3.8, 4) is 5.75 Å². The molecular formula is C18H19IN2O2. The van der Waals surface area contributed by atoms with Crippen LogP contribution in [-0.2, 0) is 4.79 Å². The molecule has 2 aromatic rings. The fourth-order valence-electron chi connectivity index (χ4n) is 2.28. The molecule has 0 saturated carbocycles. The van der Waals surface area contributed by atoms with Crippen molar-refractivity contribution in [2.24, 2.45) is 5.10 Å². The minimum absolute atomic E-state index is 0.0657. The van der Waals surface area contributed by atoms with Crippen LogP contribution in [0.5, 0.6) is 5.75 Å². The Balaban J connectivity index is 1.88. The maximum Gasteiger partial charge on any atom is 0.277 e. The number of nitrogens with zero attached hydrogens (tertiary/aromatic N) is 1. The van der Waals surface area contributed by atoms with Gasteiger partial charge in [0, 0.05) is 9.13 Å². The van der Waals surface area contributed by atoms with Crippen molar-refractivity contribution in [3.63, 3.8) is 0 Å². The highest BCUT2D eigenvalue weighted by molar-refractivity contribution is 14.1. The SMILES string of the molecule is Cc1cc(C)c(/C=N\NC(=O)COc2ccc(I)cc2)c(C)c1. The third-order valence-electron chi connectivity index (χ3n) is 3.30. The maximum absolute atomic E-state index is 11.7. The van der Waals surface area contributed by atoms with E-state index >= 15 is 0 Å². The molecular weight excluding hydrogens is 403 g/mol. The Morgan fingerprint density at radius 1 is 1.17 bits per heavy atom. The van der Waals surface area contributed by atoms with Crippen LogP contribution in [0.25, 0.3) is 0 Å². The molecule has 2 aromatic carbocycles. The number of hydrogen-bond donors (Lipinski definition) is 1. The quantitative estimate of drug-likeness (QED) is 0.454. The van der Waals surface area contributed by atoms with Crippen LogP contribution in [0, 0.1) is 24.3 Å². The normalized spacial score (nSPS) is 10.8. The largest absolute Gasteiger partial charge is 0.484 e. The van der Waals surface area contributed by atoms with E-state index in [4.69, 9.17) is 4.74 Å². The van der Waals surface area contributed by atoms with Crippen LogP contribution in [0.1, 0.15) is 22.3 Å². The number of ether oxygens (including phenoxy) is 1. The van der Waals surface area contributed by atoms with Gasteiger partial charge in [-0.2, -0.15) is 5.10 Å². The summed E-state index contributed by atoms with van der Waals surface area (Å²) in [4.78, 5) is 11.7. The topological polar surface area (TPSA) is 50.7 Å². The first-order valence-corrected chi connectivity index (χ1v) is 8.31. The Labute approximate surface area is 150 Å². The number of carbonyl (C=O) groups excluding carboxylic acids is 1. The van der Waals surface area contributed by atoms with Crippen molar-refractivity contribution in [2.45, 2.75) is 20.8 Å². The van der Waals surface area contributed by atoms with Crippen LogP contribution in [0.2, 0.25) is 0 Å². The van der Waals surface area contributed by atoms with Crippen LogP contribution < -0.4 is 10.2 Å². The average Bonchev–Trinajstić information content (AvgIpc) is 2.49. The van der Waals surface area contributed by atoms with E-state index in [1.807, 2.05) is 38.1 Å². The van der Waals surface area contributed by atoms with Gasteiger partial charge in [0.2, 0.25) is 0 Å². The number of amides is 1. The van der Waals surface area contributed by atoms with Crippen molar-refractivity contribution in [3.05, 3.63) is 62.2 Å². The van der Waals surface area contributed by atoms with Crippen molar-refractivity contribution in [1.29, 1.82) is 0 Å². The summed E-state index contributed by atoms with van der Waals surface area (Å²) in [5, 5.41) is 4.01. The van der Waals surface area contributed by atoms with Gasteiger partial charge >= 0.3 is 0 Å². The number of carbonyl (C=O) groups is 1. The number of aryl methyl sites for hydroxylation is 3. The van der Waals surface area contributed by atoms with Crippen LogP contribution in [0.15, 0.2) is 41.5 Å². The minimum Gasteiger partial charge on any atom is -0.484 e. The fourth-order valence-corrected chi connectivity index (χ4v) is 2.64. The minimum atomic E-state index is -0.290. The molecule has 0 aliphatic rings. The van der Waals surface area contributed by atoms with Crippen molar-refractivity contribution < 1.29 is 9.53 Å². The van der Waals surface area contributed by atoms with Crippen molar-refractivity contribution >= 4 is 34.7 Å². The Kier molecular flexibility index (Phi) is 6.15. The lowest BCUT2D eigenvalue weighted by molar-refractivity contribution is -0.123. The molecule has 23 heavy (non-hydrogen) atoms. The third kappa shape index (κ3) is 5.35. The zero-order valence-electron chi connectivity index (χ0n) is 13.4. The molecule has 120 valence electrons. The number of benzene rings is 2. The Bertz CT molecular complexity index is 701. The van der Waals surface area contributed by atoms with Gasteiger partial charge in [-0.15, -0.1) is 0 Å². The standard InChI is InChI=1S/C18H19IN2O2/c1-12-8-13(2)17(14(3)9-12)10-20-21-18(22)11-23-16-6-4-15(19)5-7-16/h4-10H,11H2,1-3H3,(H,21,22)/b20-10-. The number of halogens is 1. The van der Waals surface area contributed by atoms with Crippen molar-refractivity contribution in [1.82, 2.24) is 5.43 Å². The van der Waals surface area contributed by atoms with Gasteiger partial charge in [-0.25, -0.2) is 5.43 Å². The van der Waals surface area contributed by atoms with Gasteiger partial charge in [0.1, 0.15) is 5.75 Å². The molecule has 1 N–H and O–H groups in total. The summed E-state index contributed by atoms with van der Waals surface area (Å²) >= 11 is 2.22. The highest BCUT2D eigenvalue weighted by Gasteiger charge is 2.03. The first-order chi connectivity index (χ1) is 11.0. The molecule has 1 amide bonds. The first-order valence-electron chi connectivity index (χ1n) is 7.24. The lowest BCUT2D eigenvalue weighted by Crippen LogP contribution is -2.24. The van der Waals surface area contributed by atoms with Gasteiger partial charge in [0.05, 0.1) is 6.21 Å². The number of hydrogen-bond acceptors (Lipinski definition) is 3. The summed E-state index contributed by atoms with van der Waals surface area (Å²) in [5.41, 5.74) is 6.99. The molecule has 0 radical (unpaired) electrons. The molecule has 0 spiro atoms. The Morgan fingerprint density at radius 3 is 2.39 bits per heavy atom. The zero-order chi connectivity index (χ0) is 16.8. The maximum atomic E-state index is 11.7. The third-order valence-corrected chi connectivity index (χ3v) is 4.02. The first kappa shape index (κ1) is 17.5. The summed E-state index contributed by atoms with van der Waals surface area (Å²) in [5.74, 6) is 0.372. The monoisotopic (exact) mass is 422 g/mol. The van der Waals surface area contributed by atoms with Gasteiger partial charge in [0.25, 0.3) is 5.91 Å². The van der Waals surface area contributed by atoms with E-state index in [0.717, 1.165) is 20.3 Å². The van der Waals surface area contributed by atoms with Gasteiger partial charge in [0.15, 0.2) is 6.61 Å². The van der Waals surface area contributed by atoms with Crippen LogP contribution in [0.3, 0.4) is 0 Å². The molecule has 0 aliphatic heterocycles. The fraction of sp³-hybridized carbons (Fsp3) is 0.222. The highest BCUT2D eigenvalue weighted by atomic mass is 127. The second kappa shape index (κ2) is 8.10. The van der Waals surface area contributed by atoms with E-state index in [9.17, 15) is 4.79 Å². The molecule has 0 aromatic heterocycles. The van der Waals surface area contributed by atoms with E-state index in [-0.39, 0.29) is 12.5 Å². The average molecular weight is 422 g/mol. The molecule has 4 nitrogen and oxygen atoms in total. The van der Waals surface area contributed by atoms with Gasteiger partial charge in [-0.1, -0.05) is 17.7 Å². The van der Waals surface area contributed by atoms with E-state index in [2.05, 4.69) is 52.2 Å². The van der Waals surface area contributed by atoms with E-state index < -0.39 is 0 Å². The van der Waals surface area contributed by atoms with Crippen LogP contribution >= 0.6 is 22.6 Å². The zero-order valence-corrected chi connectivity index (χ0v) is 15.5. The second-order valence-corrected chi connectivity index (χ2v) is 6.59. The molecule has 0 bridgehead atoms. The highest BCUT2D eigenvalue weighted by Crippen LogP contribution is 2.14. The van der Waals surface area contributed by atoms with E-state index in [0.29, 0.717) is 5.75 Å². The summed E-state index contributed by atoms with van der Waals surface area (Å²) < 4.78 is 6.52. The summed E-state index contributed by atoms with van der Waals surface area (Å²) in [7, 11) is 0. The predicted octanol–water partition coefficient (Wildman–Crippen LogP) is 3.75. The van der Waals surface area contributed by atoms with Crippen molar-refractivity contribution in [2.75, 3.05) is 6.61 Å². The lowest BCUT2D eigenvalue weighted by Gasteiger charge is -2.07. The number of hydrazone groups is 1. The summed E-state index contributed by atoms with van der Waals surface area (Å²) in [6.07, 6.45) is 1.67.